The van der Waals surface area contributed by atoms with Crippen LogP contribution < -0.4 is 5.56 Å². The second-order valence-electron chi connectivity index (χ2n) is 10.1. The highest BCUT2D eigenvalue weighted by Gasteiger charge is 2.54. The van der Waals surface area contributed by atoms with Crippen LogP contribution in [0.2, 0.25) is 5.02 Å². The van der Waals surface area contributed by atoms with Crippen LogP contribution in [0.25, 0.3) is 39.0 Å². The fourth-order valence-electron chi connectivity index (χ4n) is 5.96. The first kappa shape index (κ1) is 22.4. The van der Waals surface area contributed by atoms with Crippen LogP contribution in [-0.2, 0) is 0 Å². The van der Waals surface area contributed by atoms with Crippen molar-refractivity contribution in [1.82, 2.24) is 44.9 Å². The molecule has 2 aliphatic rings. The molecule has 192 valence electrons. The standard InChI is InChI=1S/C27H19ClFN9O/c1-12-16-4-2-13(6-20(16)34-33-12)24-26(29)32-27(31-24)25-19-10-18(19)22-7-14(8-23(39)38(22)25)17-9-15(28)3-5-21(17)37-11-30-35-36-37/h2-9,11,18-19,25H,10H2,1H3,(H,31,32)(H,33,34). The third-order valence-electron chi connectivity index (χ3n) is 7.84. The molecule has 2 N–H and O–H groups in total. The predicted molar refractivity (Wildman–Crippen MR) is 141 cm³/mol. The van der Waals surface area contributed by atoms with Crippen molar-refractivity contribution in [3.8, 4) is 28.1 Å². The molecule has 0 amide bonds. The van der Waals surface area contributed by atoms with Gasteiger partial charge in [0.1, 0.15) is 17.8 Å². The molecule has 0 bridgehead atoms. The summed E-state index contributed by atoms with van der Waals surface area (Å²) < 4.78 is 18.5. The second-order valence-corrected chi connectivity index (χ2v) is 10.5. The van der Waals surface area contributed by atoms with Crippen LogP contribution in [0.5, 0.6) is 0 Å². The zero-order valence-electron chi connectivity index (χ0n) is 20.4. The van der Waals surface area contributed by atoms with Gasteiger partial charge in [0.15, 0.2) is 0 Å². The number of hydrogen-bond acceptors (Lipinski definition) is 6. The molecule has 12 heteroatoms. The minimum absolute atomic E-state index is 0.168. The Morgan fingerprint density at radius 1 is 1.10 bits per heavy atom. The Hall–Kier alpha value is -4.64. The predicted octanol–water partition coefficient (Wildman–Crippen LogP) is 4.56. The number of H-pyrrole nitrogens is 2. The lowest BCUT2D eigenvalue weighted by Gasteiger charge is -2.17. The quantitative estimate of drug-likeness (QED) is 0.338. The molecule has 6 aromatic rings. The molecule has 0 spiro atoms. The van der Waals surface area contributed by atoms with Gasteiger partial charge in [-0.15, -0.1) is 5.10 Å². The van der Waals surface area contributed by atoms with Crippen molar-refractivity contribution in [3.05, 3.63) is 93.4 Å². The van der Waals surface area contributed by atoms with Gasteiger partial charge in [-0.3, -0.25) is 9.89 Å². The summed E-state index contributed by atoms with van der Waals surface area (Å²) in [6.07, 6.45) is 2.40. The lowest BCUT2D eigenvalue weighted by Crippen LogP contribution is -2.26. The minimum atomic E-state index is -0.531. The minimum Gasteiger partial charge on any atom is -0.317 e. The van der Waals surface area contributed by atoms with E-state index in [0.29, 0.717) is 22.1 Å². The maximum absolute atomic E-state index is 15.2. The average molecular weight is 540 g/mol. The van der Waals surface area contributed by atoms with E-state index < -0.39 is 5.95 Å². The van der Waals surface area contributed by atoms with E-state index in [4.69, 9.17) is 11.6 Å². The van der Waals surface area contributed by atoms with Gasteiger partial charge in [-0.05, 0) is 65.6 Å². The van der Waals surface area contributed by atoms with E-state index in [9.17, 15) is 4.79 Å². The Morgan fingerprint density at radius 2 is 2.00 bits per heavy atom. The highest BCUT2D eigenvalue weighted by atomic mass is 35.5. The molecule has 8 rings (SSSR count). The first-order chi connectivity index (χ1) is 19.0. The highest BCUT2D eigenvalue weighted by Crippen LogP contribution is 2.60. The molecule has 0 saturated heterocycles. The van der Waals surface area contributed by atoms with Crippen molar-refractivity contribution in [1.29, 1.82) is 0 Å². The summed E-state index contributed by atoms with van der Waals surface area (Å²) in [4.78, 5) is 21.1. The molecule has 39 heavy (non-hydrogen) atoms. The number of rotatable bonds is 4. The van der Waals surface area contributed by atoms with Gasteiger partial charge >= 0.3 is 0 Å². The van der Waals surface area contributed by atoms with Crippen LogP contribution in [-0.4, -0.2) is 44.9 Å². The zero-order valence-corrected chi connectivity index (χ0v) is 21.2. The molecule has 2 aromatic carbocycles. The number of fused-ring (bicyclic) bond motifs is 4. The zero-order chi connectivity index (χ0) is 26.4. The molecule has 5 heterocycles. The maximum atomic E-state index is 15.2. The molecule has 3 unspecified atom stereocenters. The normalized spacial score (nSPS) is 19.4. The number of tetrazole rings is 1. The molecule has 1 saturated carbocycles. The Labute approximate surface area is 224 Å². The van der Waals surface area contributed by atoms with Crippen molar-refractivity contribution in [2.24, 2.45) is 5.92 Å². The maximum Gasteiger partial charge on any atom is 0.252 e. The Morgan fingerprint density at radius 3 is 2.85 bits per heavy atom. The van der Waals surface area contributed by atoms with E-state index in [2.05, 4.69) is 35.7 Å². The highest BCUT2D eigenvalue weighted by molar-refractivity contribution is 6.31. The van der Waals surface area contributed by atoms with Crippen molar-refractivity contribution in [2.45, 2.75) is 25.3 Å². The number of halogens is 2. The third-order valence-corrected chi connectivity index (χ3v) is 8.08. The third kappa shape index (κ3) is 3.32. The van der Waals surface area contributed by atoms with Crippen LogP contribution in [0.1, 0.15) is 35.6 Å². The summed E-state index contributed by atoms with van der Waals surface area (Å²) in [6, 6.07) is 14.1. The number of hydrogen-bond donors (Lipinski definition) is 2. The summed E-state index contributed by atoms with van der Waals surface area (Å²) in [5, 5.41) is 20.2. The van der Waals surface area contributed by atoms with Gasteiger partial charge < -0.3 is 9.55 Å². The van der Waals surface area contributed by atoms with Gasteiger partial charge in [-0.25, -0.2) is 4.98 Å². The number of aromatic amines is 2. The number of nitrogens with zero attached hydrogens (tertiary/aromatic N) is 7. The lowest BCUT2D eigenvalue weighted by atomic mass is 10.0. The van der Waals surface area contributed by atoms with Gasteiger partial charge in [-0.2, -0.15) is 14.2 Å². The summed E-state index contributed by atoms with van der Waals surface area (Å²) in [7, 11) is 0. The summed E-state index contributed by atoms with van der Waals surface area (Å²) in [5.74, 6) is 0.274. The monoisotopic (exact) mass is 539 g/mol. The Kier molecular flexibility index (Phi) is 4.55. The molecule has 3 atom stereocenters. The summed E-state index contributed by atoms with van der Waals surface area (Å²) in [5.41, 5.74) is 5.42. The fourth-order valence-corrected chi connectivity index (χ4v) is 6.14. The molecular formula is C27H19ClFN9O. The molecule has 10 nitrogen and oxygen atoms in total. The summed E-state index contributed by atoms with van der Waals surface area (Å²) >= 11 is 6.33. The molecule has 1 aliphatic carbocycles. The van der Waals surface area contributed by atoms with Gasteiger partial charge in [0.05, 0.1) is 17.2 Å². The van der Waals surface area contributed by atoms with Gasteiger partial charge in [0.2, 0.25) is 5.95 Å². The van der Waals surface area contributed by atoms with Crippen LogP contribution in [0.3, 0.4) is 0 Å². The smallest absolute Gasteiger partial charge is 0.252 e. The van der Waals surface area contributed by atoms with Crippen LogP contribution in [0.4, 0.5) is 4.39 Å². The summed E-state index contributed by atoms with van der Waals surface area (Å²) in [6.45, 7) is 1.94. The number of aryl methyl sites for hydroxylation is 1. The molecule has 0 radical (unpaired) electrons. The second kappa shape index (κ2) is 7.93. The number of aromatic nitrogens is 9. The molecule has 1 aliphatic heterocycles. The van der Waals surface area contributed by atoms with E-state index >= 15 is 4.39 Å². The molecule has 4 aromatic heterocycles. The number of imidazole rings is 1. The van der Waals surface area contributed by atoms with E-state index in [1.807, 2.05) is 37.3 Å². The van der Waals surface area contributed by atoms with Gasteiger partial charge in [0.25, 0.3) is 5.56 Å². The molecular weight excluding hydrogens is 521 g/mol. The Bertz CT molecular complexity index is 1990. The van der Waals surface area contributed by atoms with E-state index in [-0.39, 0.29) is 29.1 Å². The van der Waals surface area contributed by atoms with E-state index in [0.717, 1.165) is 39.8 Å². The van der Waals surface area contributed by atoms with Crippen molar-refractivity contribution < 1.29 is 4.39 Å². The van der Waals surface area contributed by atoms with Crippen molar-refractivity contribution >= 4 is 22.5 Å². The first-order valence-electron chi connectivity index (χ1n) is 12.5. The van der Waals surface area contributed by atoms with Gasteiger partial charge in [0, 0.05) is 44.9 Å². The SMILES string of the molecule is Cc1[nH]nc2cc(-c3nc(C4C5CC5c5cc(-c6cc(Cl)ccc6-n6cnnn6)cc(=O)n54)[nH]c3F)ccc12. The van der Waals surface area contributed by atoms with E-state index in [1.165, 1.54) is 11.0 Å². The van der Waals surface area contributed by atoms with Crippen LogP contribution in [0, 0.1) is 18.8 Å². The van der Waals surface area contributed by atoms with Crippen LogP contribution in [0.15, 0.2) is 59.7 Å². The van der Waals surface area contributed by atoms with Crippen LogP contribution >= 0.6 is 11.6 Å². The average Bonchev–Trinajstić information content (AvgIpc) is 3.30. The Balaban J connectivity index is 1.21. The topological polar surface area (TPSA) is 123 Å². The number of benzene rings is 2. The number of nitrogens with one attached hydrogen (secondary N) is 2. The fraction of sp³-hybridized carbons (Fsp3) is 0.185. The van der Waals surface area contributed by atoms with Gasteiger partial charge in [-0.1, -0.05) is 23.7 Å². The van der Waals surface area contributed by atoms with Crippen molar-refractivity contribution in [2.75, 3.05) is 0 Å². The first-order valence-corrected chi connectivity index (χ1v) is 12.8. The largest absolute Gasteiger partial charge is 0.317 e. The number of pyridine rings is 1. The lowest BCUT2D eigenvalue weighted by molar-refractivity contribution is 0.504. The molecule has 1 fully saturated rings. The van der Waals surface area contributed by atoms with Crippen molar-refractivity contribution in [3.63, 3.8) is 0 Å². The van der Waals surface area contributed by atoms with E-state index in [1.54, 1.807) is 22.8 Å².